The van der Waals surface area contributed by atoms with Crippen molar-refractivity contribution in [2.75, 3.05) is 43.4 Å². The van der Waals surface area contributed by atoms with Gasteiger partial charge in [-0.05, 0) is 39.8 Å². The van der Waals surface area contributed by atoms with E-state index in [0.29, 0.717) is 12.3 Å². The molecule has 0 atom stereocenters. The van der Waals surface area contributed by atoms with Gasteiger partial charge < -0.3 is 15.4 Å². The smallest absolute Gasteiger partial charge is 0.144 e. The first kappa shape index (κ1) is 15.0. The van der Waals surface area contributed by atoms with Gasteiger partial charge in [-0.25, -0.2) is 0 Å². The molecule has 1 aliphatic rings. The number of nitrogens with two attached hydrogens (primary N) is 1. The van der Waals surface area contributed by atoms with Crippen LogP contribution in [-0.2, 0) is 0 Å². The highest BCUT2D eigenvalue weighted by atomic mass is 16.5. The fourth-order valence-electron chi connectivity index (χ4n) is 2.64. The number of nitrogens with zero attached hydrogens (tertiary/aromatic N) is 2. The monoisotopic (exact) mass is 277 g/mol. The molecule has 1 fully saturated rings. The van der Waals surface area contributed by atoms with Crippen molar-refractivity contribution in [2.24, 2.45) is 0 Å². The van der Waals surface area contributed by atoms with E-state index in [1.54, 1.807) is 0 Å². The lowest BCUT2D eigenvalue weighted by molar-refractivity contribution is 0.128. The first-order chi connectivity index (χ1) is 9.41. The van der Waals surface area contributed by atoms with Crippen LogP contribution in [0.5, 0.6) is 5.75 Å². The Morgan fingerprint density at radius 2 is 1.80 bits per heavy atom. The SMILES string of the molecule is CCOc1cc(N2CCN(C(C)(C)C)CC2)ccc1N. The van der Waals surface area contributed by atoms with Gasteiger partial charge in [-0.1, -0.05) is 0 Å². The summed E-state index contributed by atoms with van der Waals surface area (Å²) in [4.78, 5) is 4.94. The Hall–Kier alpha value is -1.42. The Labute approximate surface area is 122 Å². The first-order valence-corrected chi connectivity index (χ1v) is 7.44. The second kappa shape index (κ2) is 5.92. The molecule has 1 aliphatic heterocycles. The van der Waals surface area contributed by atoms with Crippen LogP contribution in [0.4, 0.5) is 11.4 Å². The Bertz CT molecular complexity index is 446. The Morgan fingerprint density at radius 1 is 1.15 bits per heavy atom. The molecule has 4 nitrogen and oxygen atoms in total. The van der Waals surface area contributed by atoms with E-state index < -0.39 is 0 Å². The number of hydrogen-bond donors (Lipinski definition) is 1. The average molecular weight is 277 g/mol. The molecule has 20 heavy (non-hydrogen) atoms. The number of rotatable bonds is 3. The van der Waals surface area contributed by atoms with Crippen molar-refractivity contribution in [3.05, 3.63) is 18.2 Å². The summed E-state index contributed by atoms with van der Waals surface area (Å²) in [6.07, 6.45) is 0. The summed E-state index contributed by atoms with van der Waals surface area (Å²) >= 11 is 0. The minimum Gasteiger partial charge on any atom is -0.492 e. The zero-order valence-corrected chi connectivity index (χ0v) is 13.1. The molecule has 0 unspecified atom stereocenters. The standard InChI is InChI=1S/C16H27N3O/c1-5-20-15-12-13(6-7-14(15)17)18-8-10-19(11-9-18)16(2,3)4/h6-7,12H,5,8-11,17H2,1-4H3. The van der Waals surface area contributed by atoms with Gasteiger partial charge in [0.2, 0.25) is 0 Å². The Balaban J connectivity index is 2.05. The predicted octanol–water partition coefficient (Wildman–Crippen LogP) is 2.59. The number of piperazine rings is 1. The third kappa shape index (κ3) is 3.37. The fourth-order valence-corrected chi connectivity index (χ4v) is 2.64. The van der Waals surface area contributed by atoms with Crippen LogP contribution in [0.2, 0.25) is 0 Å². The molecule has 112 valence electrons. The normalized spacial score (nSPS) is 17.3. The van der Waals surface area contributed by atoms with Crippen molar-refractivity contribution >= 4 is 11.4 Å². The third-order valence-corrected chi connectivity index (χ3v) is 3.89. The van der Waals surface area contributed by atoms with Gasteiger partial charge in [-0.3, -0.25) is 4.90 Å². The van der Waals surface area contributed by atoms with Crippen molar-refractivity contribution < 1.29 is 4.74 Å². The number of ether oxygens (including phenoxy) is 1. The largest absolute Gasteiger partial charge is 0.492 e. The van der Waals surface area contributed by atoms with Crippen LogP contribution in [0.25, 0.3) is 0 Å². The molecule has 0 aliphatic carbocycles. The molecule has 2 rings (SSSR count). The molecule has 0 amide bonds. The highest BCUT2D eigenvalue weighted by Gasteiger charge is 2.26. The molecule has 1 aromatic carbocycles. The van der Waals surface area contributed by atoms with Crippen molar-refractivity contribution in [1.82, 2.24) is 4.90 Å². The van der Waals surface area contributed by atoms with Gasteiger partial charge in [-0.15, -0.1) is 0 Å². The zero-order chi connectivity index (χ0) is 14.8. The molecular weight excluding hydrogens is 250 g/mol. The summed E-state index contributed by atoms with van der Waals surface area (Å²) in [5.74, 6) is 0.795. The molecule has 0 aromatic heterocycles. The molecular formula is C16H27N3O. The van der Waals surface area contributed by atoms with E-state index in [1.165, 1.54) is 5.69 Å². The van der Waals surface area contributed by atoms with E-state index in [2.05, 4.69) is 42.7 Å². The molecule has 1 saturated heterocycles. The molecule has 2 N–H and O–H groups in total. The zero-order valence-electron chi connectivity index (χ0n) is 13.1. The number of nitrogen functional groups attached to an aromatic ring is 1. The third-order valence-electron chi connectivity index (χ3n) is 3.89. The second-order valence-electron chi connectivity index (χ2n) is 6.30. The van der Waals surface area contributed by atoms with Crippen molar-refractivity contribution in [3.63, 3.8) is 0 Å². The predicted molar refractivity (Wildman–Crippen MR) is 85.6 cm³/mol. The number of hydrogen-bond acceptors (Lipinski definition) is 4. The van der Waals surface area contributed by atoms with Crippen molar-refractivity contribution in [3.8, 4) is 5.75 Å². The second-order valence-corrected chi connectivity index (χ2v) is 6.30. The lowest BCUT2D eigenvalue weighted by Gasteiger charge is -2.43. The summed E-state index contributed by atoms with van der Waals surface area (Å²) in [7, 11) is 0. The van der Waals surface area contributed by atoms with Crippen LogP contribution in [0, 0.1) is 0 Å². The van der Waals surface area contributed by atoms with Crippen molar-refractivity contribution in [2.45, 2.75) is 33.2 Å². The minimum atomic E-state index is 0.254. The van der Waals surface area contributed by atoms with Crippen LogP contribution in [0.1, 0.15) is 27.7 Å². The van der Waals surface area contributed by atoms with Gasteiger partial charge in [-0.2, -0.15) is 0 Å². The molecule has 0 bridgehead atoms. The maximum atomic E-state index is 5.93. The molecule has 1 aromatic rings. The summed E-state index contributed by atoms with van der Waals surface area (Å²) in [5, 5.41) is 0. The highest BCUT2D eigenvalue weighted by molar-refractivity contribution is 5.62. The maximum Gasteiger partial charge on any atom is 0.144 e. The summed E-state index contributed by atoms with van der Waals surface area (Å²) in [5.41, 5.74) is 8.10. The quantitative estimate of drug-likeness (QED) is 0.862. The Morgan fingerprint density at radius 3 is 2.35 bits per heavy atom. The fraction of sp³-hybridized carbons (Fsp3) is 0.625. The Kier molecular flexibility index (Phi) is 4.43. The van der Waals surface area contributed by atoms with Crippen LogP contribution >= 0.6 is 0 Å². The van der Waals surface area contributed by atoms with Crippen LogP contribution in [0.3, 0.4) is 0 Å². The topological polar surface area (TPSA) is 41.7 Å². The maximum absolute atomic E-state index is 5.93. The molecule has 4 heteroatoms. The van der Waals surface area contributed by atoms with Gasteiger partial charge in [0.05, 0.1) is 12.3 Å². The van der Waals surface area contributed by atoms with Gasteiger partial charge in [0.15, 0.2) is 0 Å². The van der Waals surface area contributed by atoms with Gasteiger partial charge >= 0.3 is 0 Å². The lowest BCUT2D eigenvalue weighted by Crippen LogP contribution is -2.53. The van der Waals surface area contributed by atoms with Crippen LogP contribution in [-0.4, -0.2) is 43.2 Å². The summed E-state index contributed by atoms with van der Waals surface area (Å²) in [6, 6.07) is 6.09. The van der Waals surface area contributed by atoms with Crippen LogP contribution < -0.4 is 15.4 Å². The van der Waals surface area contributed by atoms with E-state index in [0.717, 1.165) is 31.9 Å². The molecule has 1 heterocycles. The molecule has 0 radical (unpaired) electrons. The van der Waals surface area contributed by atoms with Gasteiger partial charge in [0.1, 0.15) is 5.75 Å². The van der Waals surface area contributed by atoms with E-state index in [1.807, 2.05) is 13.0 Å². The molecule has 0 spiro atoms. The van der Waals surface area contributed by atoms with E-state index >= 15 is 0 Å². The van der Waals surface area contributed by atoms with E-state index in [9.17, 15) is 0 Å². The van der Waals surface area contributed by atoms with Crippen molar-refractivity contribution in [1.29, 1.82) is 0 Å². The summed E-state index contributed by atoms with van der Waals surface area (Å²) in [6.45, 7) is 13.7. The molecule has 0 saturated carbocycles. The van der Waals surface area contributed by atoms with Gasteiger partial charge in [0.25, 0.3) is 0 Å². The van der Waals surface area contributed by atoms with Crippen LogP contribution in [0.15, 0.2) is 18.2 Å². The average Bonchev–Trinajstić information content (AvgIpc) is 2.41. The minimum absolute atomic E-state index is 0.254. The summed E-state index contributed by atoms with van der Waals surface area (Å²) < 4.78 is 5.58. The first-order valence-electron chi connectivity index (χ1n) is 7.44. The number of benzene rings is 1. The highest BCUT2D eigenvalue weighted by Crippen LogP contribution is 2.29. The number of anilines is 2. The van der Waals surface area contributed by atoms with E-state index in [4.69, 9.17) is 10.5 Å². The van der Waals surface area contributed by atoms with Gasteiger partial charge in [0, 0.05) is 43.5 Å². The lowest BCUT2D eigenvalue weighted by atomic mass is 10.0. The van der Waals surface area contributed by atoms with E-state index in [-0.39, 0.29) is 5.54 Å².